The van der Waals surface area contributed by atoms with Gasteiger partial charge in [0.25, 0.3) is 0 Å². The summed E-state index contributed by atoms with van der Waals surface area (Å²) in [6.07, 6.45) is -2.47. The standard InChI is InChI=1S/C17H22O6S2/c1-4-19-17(11-8-6-5-7-9-11)22-12-10(2)20-15(18-3)14(13(12)23-17)21-16(24)25/h5-10,12-15H,4H2,1-3H3,(H,24,25)/t10-,12+,13+,14?,15-,17?/m0/s1. The Hall–Kier alpha value is -0.740. The Labute approximate surface area is 158 Å². The van der Waals surface area contributed by atoms with Crippen LogP contribution in [0.15, 0.2) is 30.3 Å². The van der Waals surface area contributed by atoms with Crippen molar-refractivity contribution in [3.63, 3.8) is 0 Å². The Morgan fingerprint density at radius 2 is 1.92 bits per heavy atom. The SMILES string of the molecule is CCOC1(c2ccccc2)O[C@@H]2[C@H](C)O[C@H](OC)C(OC(=S)S)[C@@H]2O1. The summed E-state index contributed by atoms with van der Waals surface area (Å²) in [7, 11) is 1.54. The molecule has 0 bridgehead atoms. The van der Waals surface area contributed by atoms with Crippen molar-refractivity contribution in [3.8, 4) is 0 Å². The number of thiol groups is 1. The lowest BCUT2D eigenvalue weighted by atomic mass is 10.00. The van der Waals surface area contributed by atoms with Gasteiger partial charge in [-0.15, -0.1) is 0 Å². The second-order valence-corrected chi connectivity index (χ2v) is 6.89. The number of rotatable bonds is 5. The number of hydrogen-bond donors (Lipinski definition) is 1. The largest absolute Gasteiger partial charge is 0.467 e. The van der Waals surface area contributed by atoms with Crippen LogP contribution in [0.4, 0.5) is 0 Å². The molecule has 2 unspecified atom stereocenters. The number of fused-ring (bicyclic) bond motifs is 1. The van der Waals surface area contributed by atoms with Crippen LogP contribution in [0.1, 0.15) is 19.4 Å². The number of ether oxygens (including phenoxy) is 6. The minimum atomic E-state index is -1.33. The molecule has 138 valence electrons. The minimum absolute atomic E-state index is 0.0844. The topological polar surface area (TPSA) is 55.4 Å². The van der Waals surface area contributed by atoms with Crippen molar-refractivity contribution in [2.45, 2.75) is 50.5 Å². The third-order valence-corrected chi connectivity index (χ3v) is 4.44. The lowest BCUT2D eigenvalue weighted by Gasteiger charge is -2.39. The van der Waals surface area contributed by atoms with Gasteiger partial charge >= 0.3 is 5.97 Å². The maximum atomic E-state index is 6.27. The van der Waals surface area contributed by atoms with Crippen molar-refractivity contribution in [2.75, 3.05) is 13.7 Å². The molecule has 2 fully saturated rings. The first-order valence-electron chi connectivity index (χ1n) is 8.13. The lowest BCUT2D eigenvalue weighted by molar-refractivity contribution is -0.354. The molecule has 8 heteroatoms. The predicted octanol–water partition coefficient (Wildman–Crippen LogP) is 2.61. The molecule has 3 rings (SSSR count). The van der Waals surface area contributed by atoms with Crippen molar-refractivity contribution in [1.29, 1.82) is 0 Å². The highest BCUT2D eigenvalue weighted by Crippen LogP contribution is 2.44. The number of methoxy groups -OCH3 is 1. The minimum Gasteiger partial charge on any atom is -0.467 e. The van der Waals surface area contributed by atoms with E-state index in [4.69, 9.17) is 40.6 Å². The molecule has 25 heavy (non-hydrogen) atoms. The first-order chi connectivity index (χ1) is 12.0. The summed E-state index contributed by atoms with van der Waals surface area (Å²) in [5, 5.41) is 0. The predicted molar refractivity (Wildman–Crippen MR) is 97.3 cm³/mol. The van der Waals surface area contributed by atoms with Crippen molar-refractivity contribution in [3.05, 3.63) is 35.9 Å². The summed E-state index contributed by atoms with van der Waals surface area (Å²) in [6.45, 7) is 4.19. The van der Waals surface area contributed by atoms with Crippen LogP contribution in [0.2, 0.25) is 0 Å². The molecular weight excluding hydrogens is 364 g/mol. The van der Waals surface area contributed by atoms with Gasteiger partial charge in [0.1, 0.15) is 12.2 Å². The number of benzene rings is 1. The molecule has 0 N–H and O–H groups in total. The quantitative estimate of drug-likeness (QED) is 0.617. The third-order valence-electron chi connectivity index (χ3n) is 4.24. The smallest absolute Gasteiger partial charge is 0.312 e. The second-order valence-electron chi connectivity index (χ2n) is 5.81. The van der Waals surface area contributed by atoms with E-state index in [0.29, 0.717) is 6.61 Å². The summed E-state index contributed by atoms with van der Waals surface area (Å²) in [6, 6.07) is 9.51. The molecule has 2 aliphatic rings. The molecule has 0 aromatic heterocycles. The summed E-state index contributed by atoms with van der Waals surface area (Å²) in [4.78, 5) is 0. The fourth-order valence-corrected chi connectivity index (χ4v) is 3.44. The molecule has 0 aliphatic carbocycles. The summed E-state index contributed by atoms with van der Waals surface area (Å²) < 4.78 is 35.4. The molecule has 1 aromatic carbocycles. The molecule has 0 saturated carbocycles. The number of thiocarbonyl (C=S) groups is 1. The highest BCUT2D eigenvalue weighted by molar-refractivity contribution is 8.10. The maximum Gasteiger partial charge on any atom is 0.312 e. The molecule has 2 saturated heterocycles. The van der Waals surface area contributed by atoms with Gasteiger partial charge in [0, 0.05) is 19.3 Å². The van der Waals surface area contributed by atoms with Crippen LogP contribution in [0, 0.1) is 0 Å². The van der Waals surface area contributed by atoms with E-state index >= 15 is 0 Å². The van der Waals surface area contributed by atoms with E-state index in [0.717, 1.165) is 5.56 Å². The van der Waals surface area contributed by atoms with Crippen LogP contribution in [0.5, 0.6) is 0 Å². The Balaban J connectivity index is 1.95. The maximum absolute atomic E-state index is 6.27. The van der Waals surface area contributed by atoms with Gasteiger partial charge in [-0.25, -0.2) is 0 Å². The van der Waals surface area contributed by atoms with Crippen LogP contribution < -0.4 is 0 Å². The molecule has 0 amide bonds. The molecule has 2 aliphatic heterocycles. The monoisotopic (exact) mass is 386 g/mol. The van der Waals surface area contributed by atoms with E-state index in [1.54, 1.807) is 7.11 Å². The summed E-state index contributed by atoms with van der Waals surface area (Å²) in [5.74, 6) is -1.33. The average molecular weight is 386 g/mol. The Morgan fingerprint density at radius 3 is 2.52 bits per heavy atom. The van der Waals surface area contributed by atoms with Gasteiger partial charge in [0.15, 0.2) is 12.4 Å². The van der Waals surface area contributed by atoms with Crippen LogP contribution in [-0.4, -0.2) is 48.8 Å². The van der Waals surface area contributed by atoms with Gasteiger partial charge in [0.2, 0.25) is 4.38 Å². The zero-order valence-corrected chi connectivity index (χ0v) is 16.0. The van der Waals surface area contributed by atoms with Gasteiger partial charge in [-0.3, -0.25) is 0 Å². The fraction of sp³-hybridized carbons (Fsp3) is 0.588. The van der Waals surface area contributed by atoms with Gasteiger partial charge in [0.05, 0.1) is 6.10 Å². The zero-order chi connectivity index (χ0) is 18.0. The number of hydrogen-bond acceptors (Lipinski definition) is 7. The highest BCUT2D eigenvalue weighted by atomic mass is 32.1. The first kappa shape index (κ1) is 19.0. The molecule has 6 nitrogen and oxygen atoms in total. The van der Waals surface area contributed by atoms with E-state index in [9.17, 15) is 0 Å². The summed E-state index contributed by atoms with van der Waals surface area (Å²) in [5.41, 5.74) is 0.764. The van der Waals surface area contributed by atoms with Crippen LogP contribution in [0.3, 0.4) is 0 Å². The van der Waals surface area contributed by atoms with Gasteiger partial charge in [-0.2, -0.15) is 0 Å². The highest BCUT2D eigenvalue weighted by Gasteiger charge is 2.60. The van der Waals surface area contributed by atoms with Crippen LogP contribution in [-0.2, 0) is 34.4 Å². The van der Waals surface area contributed by atoms with E-state index in [1.807, 2.05) is 44.2 Å². The van der Waals surface area contributed by atoms with Gasteiger partial charge < -0.3 is 28.4 Å². The molecule has 6 atom stereocenters. The van der Waals surface area contributed by atoms with Crippen LogP contribution in [0.25, 0.3) is 0 Å². The average Bonchev–Trinajstić information content (AvgIpc) is 2.99. The van der Waals surface area contributed by atoms with E-state index in [2.05, 4.69) is 12.6 Å². The van der Waals surface area contributed by atoms with E-state index < -0.39 is 30.6 Å². The van der Waals surface area contributed by atoms with Crippen molar-refractivity contribution in [2.24, 2.45) is 0 Å². The molecule has 0 spiro atoms. The lowest BCUT2D eigenvalue weighted by Crippen LogP contribution is -2.57. The van der Waals surface area contributed by atoms with Gasteiger partial charge in [-0.1, -0.05) is 43.0 Å². The molecular formula is C17H22O6S2. The van der Waals surface area contributed by atoms with Crippen molar-refractivity contribution >= 4 is 29.2 Å². The molecule has 1 aromatic rings. The third kappa shape index (κ3) is 3.71. The van der Waals surface area contributed by atoms with Crippen LogP contribution >= 0.6 is 24.8 Å². The molecule has 0 radical (unpaired) electrons. The van der Waals surface area contributed by atoms with Crippen molar-refractivity contribution in [1.82, 2.24) is 0 Å². The first-order valence-corrected chi connectivity index (χ1v) is 8.99. The fourth-order valence-electron chi connectivity index (χ4n) is 3.21. The van der Waals surface area contributed by atoms with E-state index in [-0.39, 0.29) is 10.5 Å². The van der Waals surface area contributed by atoms with Gasteiger partial charge in [-0.05, 0) is 26.1 Å². The Kier molecular flexibility index (Phi) is 5.99. The normalized spacial score (nSPS) is 37.5. The Bertz CT molecular complexity index is 600. The Morgan fingerprint density at radius 1 is 1.24 bits per heavy atom. The summed E-state index contributed by atoms with van der Waals surface area (Å²) >= 11 is 9.04. The van der Waals surface area contributed by atoms with E-state index in [1.165, 1.54) is 0 Å². The second kappa shape index (κ2) is 7.87. The zero-order valence-electron chi connectivity index (χ0n) is 14.3. The molecule has 2 heterocycles. The van der Waals surface area contributed by atoms with Crippen molar-refractivity contribution < 1.29 is 28.4 Å².